The Bertz CT molecular complexity index is 449. The summed E-state index contributed by atoms with van der Waals surface area (Å²) < 4.78 is 37.9. The van der Waals surface area contributed by atoms with Crippen molar-refractivity contribution in [2.24, 2.45) is 0 Å². The van der Waals surface area contributed by atoms with Crippen LogP contribution in [0.5, 0.6) is 0 Å². The number of benzene rings is 1. The molecule has 0 atom stereocenters. The number of aliphatic hydroxyl groups is 1. The molecule has 1 N–H and O–H groups in total. The number of rotatable bonds is 7. The molecular weight excluding hydrogens is 299 g/mol. The molecule has 2 nitrogen and oxygen atoms in total. The zero-order valence-electron chi connectivity index (χ0n) is 11.8. The van der Waals surface area contributed by atoms with Gasteiger partial charge in [-0.25, -0.2) is 0 Å². The van der Waals surface area contributed by atoms with Gasteiger partial charge in [-0.1, -0.05) is 12.5 Å². The third kappa shape index (κ3) is 4.90. The highest BCUT2D eigenvalue weighted by atomic mass is 32.2. The van der Waals surface area contributed by atoms with Crippen LogP contribution in [-0.2, 0) is 6.18 Å². The minimum absolute atomic E-state index is 0.130. The van der Waals surface area contributed by atoms with Crippen molar-refractivity contribution in [2.75, 3.05) is 25.4 Å². The minimum Gasteiger partial charge on any atom is -0.395 e. The van der Waals surface area contributed by atoms with Crippen LogP contribution in [-0.4, -0.2) is 41.5 Å². The number of hydrogen-bond acceptors (Lipinski definition) is 3. The van der Waals surface area contributed by atoms with Gasteiger partial charge in [0.1, 0.15) is 0 Å². The molecule has 0 aromatic heterocycles. The van der Waals surface area contributed by atoms with E-state index in [2.05, 4.69) is 4.90 Å². The highest BCUT2D eigenvalue weighted by Crippen LogP contribution is 2.32. The zero-order chi connectivity index (χ0) is 15.3. The van der Waals surface area contributed by atoms with Gasteiger partial charge in [-0.05, 0) is 31.0 Å². The van der Waals surface area contributed by atoms with E-state index in [9.17, 15) is 13.2 Å². The lowest BCUT2D eigenvalue weighted by Crippen LogP contribution is -2.42. The maximum atomic E-state index is 12.6. The lowest BCUT2D eigenvalue weighted by molar-refractivity contribution is -0.137. The molecule has 0 heterocycles. The van der Waals surface area contributed by atoms with Gasteiger partial charge in [0.2, 0.25) is 0 Å². The number of nitrogens with zero attached hydrogens (tertiary/aromatic N) is 1. The molecule has 2 rings (SSSR count). The first-order chi connectivity index (χ1) is 10.0. The number of halogens is 3. The Kier molecular flexibility index (Phi) is 5.96. The summed E-state index contributed by atoms with van der Waals surface area (Å²) in [6.45, 7) is 1.57. The molecule has 0 aliphatic heterocycles. The fourth-order valence-corrected chi connectivity index (χ4v) is 3.35. The van der Waals surface area contributed by atoms with E-state index < -0.39 is 11.7 Å². The van der Waals surface area contributed by atoms with Crippen molar-refractivity contribution in [1.82, 2.24) is 4.90 Å². The molecule has 21 heavy (non-hydrogen) atoms. The highest BCUT2D eigenvalue weighted by Gasteiger charge is 2.30. The van der Waals surface area contributed by atoms with Crippen molar-refractivity contribution in [3.8, 4) is 0 Å². The second kappa shape index (κ2) is 7.51. The van der Waals surface area contributed by atoms with Crippen LogP contribution in [0.2, 0.25) is 0 Å². The molecular formula is C15H20F3NOS. The van der Waals surface area contributed by atoms with Gasteiger partial charge in [0.05, 0.1) is 12.2 Å². The van der Waals surface area contributed by atoms with Gasteiger partial charge in [0, 0.05) is 29.8 Å². The zero-order valence-corrected chi connectivity index (χ0v) is 12.6. The number of hydrogen-bond donors (Lipinski definition) is 1. The topological polar surface area (TPSA) is 23.5 Å². The molecule has 1 aliphatic carbocycles. The summed E-state index contributed by atoms with van der Waals surface area (Å²) >= 11 is 1.43. The molecule has 1 aromatic carbocycles. The van der Waals surface area contributed by atoms with Gasteiger partial charge in [0.25, 0.3) is 0 Å². The van der Waals surface area contributed by atoms with Crippen molar-refractivity contribution >= 4 is 11.8 Å². The van der Waals surface area contributed by atoms with E-state index in [0.29, 0.717) is 17.5 Å². The summed E-state index contributed by atoms with van der Waals surface area (Å²) in [5, 5.41) is 9.07. The summed E-state index contributed by atoms with van der Waals surface area (Å²) in [4.78, 5) is 2.88. The summed E-state index contributed by atoms with van der Waals surface area (Å²) in [5.41, 5.74) is -0.598. The molecule has 0 radical (unpaired) electrons. The summed E-state index contributed by atoms with van der Waals surface area (Å²) in [6.07, 6.45) is -0.735. The fraction of sp³-hybridized carbons (Fsp3) is 0.600. The molecule has 0 saturated heterocycles. The molecule has 118 valence electrons. The Morgan fingerprint density at radius 1 is 1.24 bits per heavy atom. The Morgan fingerprint density at radius 2 is 2.00 bits per heavy atom. The predicted octanol–water partition coefficient (Wildman–Crippen LogP) is 3.64. The summed E-state index contributed by atoms with van der Waals surface area (Å²) in [5.74, 6) is 0.734. The largest absolute Gasteiger partial charge is 0.416 e. The van der Waals surface area contributed by atoms with Crippen LogP contribution in [0.25, 0.3) is 0 Å². The predicted molar refractivity (Wildman–Crippen MR) is 78.5 cm³/mol. The first-order valence-corrected chi connectivity index (χ1v) is 8.14. The number of alkyl halides is 3. The molecule has 0 unspecified atom stereocenters. The van der Waals surface area contributed by atoms with Crippen LogP contribution >= 0.6 is 11.8 Å². The maximum Gasteiger partial charge on any atom is 0.416 e. The van der Waals surface area contributed by atoms with Gasteiger partial charge in [-0.3, -0.25) is 4.90 Å². The van der Waals surface area contributed by atoms with E-state index in [4.69, 9.17) is 5.11 Å². The van der Waals surface area contributed by atoms with E-state index in [1.54, 1.807) is 6.07 Å². The van der Waals surface area contributed by atoms with E-state index in [1.807, 2.05) is 0 Å². The Labute approximate surface area is 127 Å². The van der Waals surface area contributed by atoms with Crippen molar-refractivity contribution in [2.45, 2.75) is 36.4 Å². The number of thioether (sulfide) groups is 1. The van der Waals surface area contributed by atoms with E-state index >= 15 is 0 Å². The first-order valence-electron chi connectivity index (χ1n) is 7.15. The van der Waals surface area contributed by atoms with Crippen molar-refractivity contribution in [3.63, 3.8) is 0 Å². The average Bonchev–Trinajstić information content (AvgIpc) is 2.36. The lowest BCUT2D eigenvalue weighted by Gasteiger charge is -2.37. The Morgan fingerprint density at radius 3 is 2.57 bits per heavy atom. The monoisotopic (exact) mass is 319 g/mol. The van der Waals surface area contributed by atoms with Crippen LogP contribution in [0.3, 0.4) is 0 Å². The van der Waals surface area contributed by atoms with Gasteiger partial charge in [0.15, 0.2) is 0 Å². The third-order valence-corrected chi connectivity index (χ3v) is 4.76. The molecule has 6 heteroatoms. The molecule has 1 fully saturated rings. The second-order valence-electron chi connectivity index (χ2n) is 5.22. The normalized spacial score (nSPS) is 16.2. The minimum atomic E-state index is -4.29. The van der Waals surface area contributed by atoms with E-state index in [1.165, 1.54) is 30.3 Å². The maximum absolute atomic E-state index is 12.6. The average molecular weight is 319 g/mol. The summed E-state index contributed by atoms with van der Waals surface area (Å²) in [6, 6.07) is 5.99. The highest BCUT2D eigenvalue weighted by molar-refractivity contribution is 7.99. The van der Waals surface area contributed by atoms with Gasteiger partial charge < -0.3 is 5.11 Å². The molecule has 1 aromatic rings. The summed E-state index contributed by atoms with van der Waals surface area (Å²) in [7, 11) is 0. The SMILES string of the molecule is OCCN(CCSc1cccc(C(F)(F)F)c1)C1CCC1. The standard InChI is InChI=1S/C15H20F3NOS/c16-15(17,18)12-3-1-6-14(11-12)21-10-8-19(7-9-20)13-4-2-5-13/h1,3,6,11,13,20H,2,4-5,7-10H2. The van der Waals surface area contributed by atoms with Crippen LogP contribution in [0.4, 0.5) is 13.2 Å². The van der Waals surface area contributed by atoms with Crippen LogP contribution < -0.4 is 0 Å². The van der Waals surface area contributed by atoms with Crippen LogP contribution in [0.1, 0.15) is 24.8 Å². The number of aliphatic hydroxyl groups excluding tert-OH is 1. The lowest BCUT2D eigenvalue weighted by atomic mass is 9.91. The Balaban J connectivity index is 1.84. The molecule has 0 amide bonds. The quantitative estimate of drug-likeness (QED) is 0.776. The van der Waals surface area contributed by atoms with Crippen LogP contribution in [0.15, 0.2) is 29.2 Å². The smallest absolute Gasteiger partial charge is 0.395 e. The first kappa shape index (κ1) is 16.6. The molecule has 0 bridgehead atoms. The molecule has 1 aliphatic rings. The van der Waals surface area contributed by atoms with Gasteiger partial charge in [-0.2, -0.15) is 13.2 Å². The third-order valence-electron chi connectivity index (χ3n) is 3.79. The van der Waals surface area contributed by atoms with Crippen LogP contribution in [0, 0.1) is 0 Å². The van der Waals surface area contributed by atoms with Gasteiger partial charge in [-0.15, -0.1) is 11.8 Å². The molecule has 1 saturated carbocycles. The van der Waals surface area contributed by atoms with Crippen molar-refractivity contribution in [3.05, 3.63) is 29.8 Å². The van der Waals surface area contributed by atoms with E-state index in [0.717, 1.165) is 31.2 Å². The van der Waals surface area contributed by atoms with Crippen molar-refractivity contribution in [1.29, 1.82) is 0 Å². The van der Waals surface area contributed by atoms with E-state index in [-0.39, 0.29) is 6.61 Å². The fourth-order valence-electron chi connectivity index (χ4n) is 2.40. The van der Waals surface area contributed by atoms with Gasteiger partial charge >= 0.3 is 6.18 Å². The van der Waals surface area contributed by atoms with Crippen molar-refractivity contribution < 1.29 is 18.3 Å². The Hall–Kier alpha value is -0.720. The molecule has 0 spiro atoms. The second-order valence-corrected chi connectivity index (χ2v) is 6.39.